The van der Waals surface area contributed by atoms with Crippen molar-refractivity contribution >= 4 is 5.57 Å². The van der Waals surface area contributed by atoms with Gasteiger partial charge in [0.1, 0.15) is 35.4 Å². The predicted molar refractivity (Wildman–Crippen MR) is 63.9 cm³/mol. The van der Waals surface area contributed by atoms with Crippen molar-refractivity contribution < 1.29 is 0 Å². The summed E-state index contributed by atoms with van der Waals surface area (Å²) in [7, 11) is 0. The third-order valence-corrected chi connectivity index (χ3v) is 2.11. The molecule has 18 heavy (non-hydrogen) atoms. The highest BCUT2D eigenvalue weighted by Gasteiger charge is 2.08. The fourth-order valence-electron chi connectivity index (χ4n) is 1.30. The molecule has 0 bridgehead atoms. The van der Waals surface area contributed by atoms with E-state index in [1.165, 1.54) is 6.08 Å². The molecule has 0 spiro atoms. The van der Waals surface area contributed by atoms with Crippen LogP contribution in [0.5, 0.6) is 0 Å². The molecule has 0 aliphatic heterocycles. The van der Waals surface area contributed by atoms with Gasteiger partial charge in [-0.3, -0.25) is 0 Å². The Morgan fingerprint density at radius 1 is 0.833 bits per heavy atom. The van der Waals surface area contributed by atoms with E-state index in [0.29, 0.717) is 5.56 Å². The second kappa shape index (κ2) is 6.29. The smallest absolute Gasteiger partial charge is 0.137 e. The fraction of sp³-hybridized carbons (Fsp3) is 0. The largest absolute Gasteiger partial charge is 0.192 e. The molecule has 1 aromatic carbocycles. The fourth-order valence-corrected chi connectivity index (χ4v) is 1.30. The van der Waals surface area contributed by atoms with Crippen LogP contribution in [0.1, 0.15) is 5.56 Å². The van der Waals surface area contributed by atoms with Crippen LogP contribution in [0, 0.1) is 45.3 Å². The molecule has 1 rings (SSSR count). The Balaban J connectivity index is 3.53. The normalized spacial score (nSPS) is 7.78. The molecule has 0 saturated carbocycles. The first-order valence-corrected chi connectivity index (χ1v) is 4.88. The van der Waals surface area contributed by atoms with Crippen molar-refractivity contribution in [1.29, 1.82) is 21.0 Å². The van der Waals surface area contributed by atoms with E-state index in [9.17, 15) is 0 Å². The number of allylic oxidation sites excluding steroid dienone is 4. The molecule has 0 amide bonds. The molecule has 0 radical (unpaired) electrons. The second-order valence-corrected chi connectivity index (χ2v) is 3.16. The van der Waals surface area contributed by atoms with Crippen LogP contribution >= 0.6 is 0 Å². The van der Waals surface area contributed by atoms with Crippen molar-refractivity contribution in [1.82, 2.24) is 0 Å². The van der Waals surface area contributed by atoms with Crippen molar-refractivity contribution in [2.45, 2.75) is 0 Å². The molecule has 0 N–H and O–H groups in total. The van der Waals surface area contributed by atoms with Gasteiger partial charge in [-0.25, -0.2) is 0 Å². The SMILES string of the molecule is N#CC(C#N)=CC(=C(C#N)C#N)c1ccccc1. The van der Waals surface area contributed by atoms with Crippen LogP contribution < -0.4 is 0 Å². The molecule has 1 aromatic rings. The molecule has 4 heteroatoms. The lowest BCUT2D eigenvalue weighted by molar-refractivity contribution is 1.44. The number of hydrogen-bond acceptors (Lipinski definition) is 4. The molecular weight excluding hydrogens is 224 g/mol. The van der Waals surface area contributed by atoms with Crippen molar-refractivity contribution in [3.63, 3.8) is 0 Å². The van der Waals surface area contributed by atoms with Crippen LogP contribution in [-0.2, 0) is 0 Å². The van der Waals surface area contributed by atoms with E-state index in [4.69, 9.17) is 21.0 Å². The Morgan fingerprint density at radius 2 is 1.39 bits per heavy atom. The first-order chi connectivity index (χ1) is 8.76. The Kier molecular flexibility index (Phi) is 4.45. The summed E-state index contributed by atoms with van der Waals surface area (Å²) in [6.07, 6.45) is 1.25. The lowest BCUT2D eigenvalue weighted by atomic mass is 9.99. The zero-order valence-corrected chi connectivity index (χ0v) is 9.25. The summed E-state index contributed by atoms with van der Waals surface area (Å²) >= 11 is 0. The monoisotopic (exact) mass is 230 g/mol. The lowest BCUT2D eigenvalue weighted by Gasteiger charge is -2.01. The molecule has 0 aromatic heterocycles. The standard InChI is InChI=1S/C14H6N4/c15-7-11(8-16)6-14(13(9-17)10-18)12-4-2-1-3-5-12/h1-6H. The first kappa shape index (κ1) is 12.7. The third-order valence-electron chi connectivity index (χ3n) is 2.11. The summed E-state index contributed by atoms with van der Waals surface area (Å²) in [6, 6.07) is 15.6. The Bertz CT molecular complexity index is 636. The molecule has 0 saturated heterocycles. The molecule has 0 atom stereocenters. The molecule has 0 fully saturated rings. The van der Waals surface area contributed by atoms with Crippen molar-refractivity contribution in [3.8, 4) is 24.3 Å². The maximum Gasteiger partial charge on any atom is 0.137 e. The second-order valence-electron chi connectivity index (χ2n) is 3.16. The van der Waals surface area contributed by atoms with E-state index in [0.717, 1.165) is 0 Å². The Labute approximate surface area is 105 Å². The maximum absolute atomic E-state index is 8.89. The van der Waals surface area contributed by atoms with E-state index in [1.54, 1.807) is 54.6 Å². The number of benzene rings is 1. The van der Waals surface area contributed by atoms with Crippen LogP contribution in [0.2, 0.25) is 0 Å². The van der Waals surface area contributed by atoms with Gasteiger partial charge < -0.3 is 0 Å². The lowest BCUT2D eigenvalue weighted by Crippen LogP contribution is -1.88. The zero-order valence-electron chi connectivity index (χ0n) is 9.25. The topological polar surface area (TPSA) is 95.2 Å². The molecule has 82 valence electrons. The molecule has 0 aliphatic rings. The van der Waals surface area contributed by atoms with Gasteiger partial charge in [-0.15, -0.1) is 0 Å². The van der Waals surface area contributed by atoms with Gasteiger partial charge in [-0.2, -0.15) is 21.0 Å². The van der Waals surface area contributed by atoms with Crippen LogP contribution in [0.4, 0.5) is 0 Å². The highest BCUT2D eigenvalue weighted by molar-refractivity contribution is 5.83. The zero-order chi connectivity index (χ0) is 13.4. The Morgan fingerprint density at radius 3 is 1.83 bits per heavy atom. The summed E-state index contributed by atoms with van der Waals surface area (Å²) in [5.74, 6) is 0. The van der Waals surface area contributed by atoms with Gasteiger partial charge in [-0.05, 0) is 11.6 Å². The number of nitrogens with zero attached hydrogens (tertiary/aromatic N) is 4. The van der Waals surface area contributed by atoms with Gasteiger partial charge >= 0.3 is 0 Å². The minimum atomic E-state index is -0.156. The van der Waals surface area contributed by atoms with Gasteiger partial charge in [0.2, 0.25) is 0 Å². The van der Waals surface area contributed by atoms with E-state index in [1.807, 2.05) is 0 Å². The highest BCUT2D eigenvalue weighted by Crippen LogP contribution is 2.21. The highest BCUT2D eigenvalue weighted by atomic mass is 14.3. The summed E-state index contributed by atoms with van der Waals surface area (Å²) in [6.45, 7) is 0. The van der Waals surface area contributed by atoms with E-state index in [-0.39, 0.29) is 16.7 Å². The summed E-state index contributed by atoms with van der Waals surface area (Å²) < 4.78 is 0. The van der Waals surface area contributed by atoms with Gasteiger partial charge in [-0.1, -0.05) is 30.3 Å². The third kappa shape index (κ3) is 2.83. The van der Waals surface area contributed by atoms with Crippen molar-refractivity contribution in [2.75, 3.05) is 0 Å². The van der Waals surface area contributed by atoms with E-state index >= 15 is 0 Å². The number of hydrogen-bond donors (Lipinski definition) is 0. The molecular formula is C14H6N4. The molecule has 0 unspecified atom stereocenters. The summed E-state index contributed by atoms with van der Waals surface area (Å²) in [5.41, 5.74) is 0.596. The van der Waals surface area contributed by atoms with E-state index < -0.39 is 0 Å². The maximum atomic E-state index is 8.89. The quantitative estimate of drug-likeness (QED) is 0.575. The number of nitriles is 4. The first-order valence-electron chi connectivity index (χ1n) is 4.88. The van der Waals surface area contributed by atoms with Gasteiger partial charge in [0.05, 0.1) is 0 Å². The van der Waals surface area contributed by atoms with Crippen molar-refractivity contribution in [3.05, 3.63) is 53.1 Å². The minimum Gasteiger partial charge on any atom is -0.192 e. The van der Waals surface area contributed by atoms with Crippen LogP contribution in [0.25, 0.3) is 5.57 Å². The molecule has 0 heterocycles. The Hall–Kier alpha value is -3.34. The average Bonchev–Trinajstić information content (AvgIpc) is 2.44. The van der Waals surface area contributed by atoms with E-state index in [2.05, 4.69) is 0 Å². The van der Waals surface area contributed by atoms with Gasteiger partial charge in [0, 0.05) is 5.57 Å². The summed E-state index contributed by atoms with van der Waals surface area (Å²) in [4.78, 5) is 0. The van der Waals surface area contributed by atoms with Crippen LogP contribution in [0.15, 0.2) is 47.6 Å². The predicted octanol–water partition coefficient (Wildman–Crippen LogP) is 2.46. The minimum absolute atomic E-state index is 0.135. The number of rotatable bonds is 2. The molecule has 4 nitrogen and oxygen atoms in total. The van der Waals surface area contributed by atoms with Crippen molar-refractivity contribution in [2.24, 2.45) is 0 Å². The molecule has 0 aliphatic carbocycles. The van der Waals surface area contributed by atoms with Gasteiger partial charge in [0.25, 0.3) is 0 Å². The van der Waals surface area contributed by atoms with Crippen LogP contribution in [-0.4, -0.2) is 0 Å². The summed E-state index contributed by atoms with van der Waals surface area (Å²) in [5, 5.41) is 35.2. The van der Waals surface area contributed by atoms with Gasteiger partial charge in [0.15, 0.2) is 0 Å². The average molecular weight is 230 g/mol. The van der Waals surface area contributed by atoms with Crippen LogP contribution in [0.3, 0.4) is 0 Å².